The number of nitrogens with one attached hydrogen (secondary N) is 1. The van der Waals surface area contributed by atoms with Gasteiger partial charge in [-0.25, -0.2) is 0 Å². The van der Waals surface area contributed by atoms with Crippen molar-refractivity contribution in [2.45, 2.75) is 32.2 Å². The number of hydrogen-bond donors (Lipinski definition) is 3. The standard InChI is InChI=1S/C14H21N3O3/c1-3-14(4-2,13(15)17-19)16-12(18)10-20-11-8-6-5-7-9-11/h5-9,19H,3-4,10H2,1-2H3,(H2,15,17)(H,16,18). The van der Waals surface area contributed by atoms with Gasteiger partial charge in [0.25, 0.3) is 5.91 Å². The summed E-state index contributed by atoms with van der Waals surface area (Å²) in [6.07, 6.45) is 1.05. The van der Waals surface area contributed by atoms with Crippen LogP contribution in [-0.4, -0.2) is 29.1 Å². The highest BCUT2D eigenvalue weighted by Crippen LogP contribution is 2.15. The van der Waals surface area contributed by atoms with Crippen molar-refractivity contribution >= 4 is 11.7 Å². The second-order valence-electron chi connectivity index (χ2n) is 4.42. The molecule has 0 unspecified atom stereocenters. The maximum atomic E-state index is 11.9. The third kappa shape index (κ3) is 3.88. The minimum Gasteiger partial charge on any atom is -0.484 e. The fourth-order valence-corrected chi connectivity index (χ4v) is 1.92. The number of para-hydroxylation sites is 1. The summed E-state index contributed by atoms with van der Waals surface area (Å²) in [5, 5.41) is 14.6. The van der Waals surface area contributed by atoms with Gasteiger partial charge in [0.15, 0.2) is 12.4 Å². The number of hydrogen-bond acceptors (Lipinski definition) is 4. The molecule has 0 aliphatic heterocycles. The highest BCUT2D eigenvalue weighted by Gasteiger charge is 2.33. The number of amides is 1. The second kappa shape index (κ2) is 7.37. The van der Waals surface area contributed by atoms with E-state index < -0.39 is 5.54 Å². The molecule has 1 rings (SSSR count). The first-order chi connectivity index (χ1) is 9.57. The number of nitrogens with zero attached hydrogens (tertiary/aromatic N) is 1. The largest absolute Gasteiger partial charge is 0.484 e. The smallest absolute Gasteiger partial charge is 0.258 e. The first-order valence-corrected chi connectivity index (χ1v) is 6.54. The molecule has 0 bridgehead atoms. The molecule has 0 saturated carbocycles. The third-order valence-corrected chi connectivity index (χ3v) is 3.30. The van der Waals surface area contributed by atoms with Crippen molar-refractivity contribution < 1.29 is 14.7 Å². The number of amidine groups is 1. The van der Waals surface area contributed by atoms with Crippen molar-refractivity contribution in [3.63, 3.8) is 0 Å². The van der Waals surface area contributed by atoms with Crippen molar-refractivity contribution in [1.82, 2.24) is 5.32 Å². The molecule has 0 spiro atoms. The Morgan fingerprint density at radius 3 is 2.45 bits per heavy atom. The Balaban J connectivity index is 2.63. The fraction of sp³-hybridized carbons (Fsp3) is 0.429. The first kappa shape index (κ1) is 15.8. The minimum atomic E-state index is -0.841. The minimum absolute atomic E-state index is 0.00411. The van der Waals surface area contributed by atoms with Crippen molar-refractivity contribution in [3.05, 3.63) is 30.3 Å². The van der Waals surface area contributed by atoms with Crippen molar-refractivity contribution in [1.29, 1.82) is 0 Å². The van der Waals surface area contributed by atoms with Gasteiger partial charge >= 0.3 is 0 Å². The lowest BCUT2D eigenvalue weighted by Gasteiger charge is -2.31. The van der Waals surface area contributed by atoms with E-state index in [-0.39, 0.29) is 18.3 Å². The van der Waals surface area contributed by atoms with Crippen LogP contribution in [0, 0.1) is 0 Å². The van der Waals surface area contributed by atoms with Crippen LogP contribution < -0.4 is 15.8 Å². The van der Waals surface area contributed by atoms with Crippen LogP contribution in [0.25, 0.3) is 0 Å². The number of carbonyl (C=O) groups excluding carboxylic acids is 1. The molecule has 6 nitrogen and oxygen atoms in total. The van der Waals surface area contributed by atoms with Crippen LogP contribution in [0.3, 0.4) is 0 Å². The molecule has 6 heteroatoms. The zero-order valence-electron chi connectivity index (χ0n) is 11.8. The molecule has 1 aromatic rings. The van der Waals surface area contributed by atoms with E-state index in [2.05, 4.69) is 10.5 Å². The topological polar surface area (TPSA) is 96.9 Å². The lowest BCUT2D eigenvalue weighted by atomic mass is 9.91. The van der Waals surface area contributed by atoms with Crippen LogP contribution in [0.5, 0.6) is 5.75 Å². The van der Waals surface area contributed by atoms with Crippen LogP contribution in [0.2, 0.25) is 0 Å². The molecule has 0 aliphatic rings. The average Bonchev–Trinajstić information content (AvgIpc) is 2.51. The molecular formula is C14H21N3O3. The van der Waals surface area contributed by atoms with Gasteiger partial charge in [-0.05, 0) is 25.0 Å². The van der Waals surface area contributed by atoms with E-state index >= 15 is 0 Å². The van der Waals surface area contributed by atoms with E-state index in [1.807, 2.05) is 32.0 Å². The molecule has 1 amide bonds. The Morgan fingerprint density at radius 2 is 1.95 bits per heavy atom. The first-order valence-electron chi connectivity index (χ1n) is 6.54. The van der Waals surface area contributed by atoms with Crippen molar-refractivity contribution in [3.8, 4) is 5.75 Å². The van der Waals surface area contributed by atoms with E-state index in [4.69, 9.17) is 15.7 Å². The van der Waals surface area contributed by atoms with E-state index in [1.54, 1.807) is 12.1 Å². The number of ether oxygens (including phenoxy) is 1. The van der Waals surface area contributed by atoms with Crippen LogP contribution in [0.1, 0.15) is 26.7 Å². The highest BCUT2D eigenvalue weighted by molar-refractivity contribution is 5.94. The second-order valence-corrected chi connectivity index (χ2v) is 4.42. The highest BCUT2D eigenvalue weighted by atomic mass is 16.5. The Bertz CT molecular complexity index is 456. The summed E-state index contributed by atoms with van der Waals surface area (Å²) in [5.41, 5.74) is 4.83. The predicted molar refractivity (Wildman–Crippen MR) is 76.8 cm³/mol. The van der Waals surface area contributed by atoms with E-state index in [9.17, 15) is 4.79 Å². The van der Waals surface area contributed by atoms with Gasteiger partial charge in [0.1, 0.15) is 11.3 Å². The van der Waals surface area contributed by atoms with Gasteiger partial charge in [-0.3, -0.25) is 4.79 Å². The van der Waals surface area contributed by atoms with E-state index in [0.29, 0.717) is 18.6 Å². The van der Waals surface area contributed by atoms with Crippen LogP contribution in [0.4, 0.5) is 0 Å². The zero-order valence-corrected chi connectivity index (χ0v) is 11.8. The molecule has 4 N–H and O–H groups in total. The average molecular weight is 279 g/mol. The molecule has 0 saturated heterocycles. The summed E-state index contributed by atoms with van der Waals surface area (Å²) in [4.78, 5) is 11.9. The molecule has 0 atom stereocenters. The maximum absolute atomic E-state index is 11.9. The fourth-order valence-electron chi connectivity index (χ4n) is 1.92. The van der Waals surface area contributed by atoms with Crippen LogP contribution in [-0.2, 0) is 4.79 Å². The number of carbonyl (C=O) groups is 1. The molecule has 0 heterocycles. The van der Waals surface area contributed by atoms with Crippen LogP contribution >= 0.6 is 0 Å². The van der Waals surface area contributed by atoms with Crippen LogP contribution in [0.15, 0.2) is 35.5 Å². The Hall–Kier alpha value is -2.24. The van der Waals surface area contributed by atoms with Crippen molar-refractivity contribution in [2.24, 2.45) is 10.9 Å². The lowest BCUT2D eigenvalue weighted by Crippen LogP contribution is -2.57. The summed E-state index contributed by atoms with van der Waals surface area (Å²) >= 11 is 0. The molecule has 0 radical (unpaired) electrons. The lowest BCUT2D eigenvalue weighted by molar-refractivity contribution is -0.124. The van der Waals surface area contributed by atoms with Gasteiger partial charge < -0.3 is 21.0 Å². The van der Waals surface area contributed by atoms with Gasteiger partial charge in [0, 0.05) is 0 Å². The Morgan fingerprint density at radius 1 is 1.35 bits per heavy atom. The maximum Gasteiger partial charge on any atom is 0.258 e. The molecule has 110 valence electrons. The number of oxime groups is 1. The predicted octanol–water partition coefficient (Wildman–Crippen LogP) is 1.49. The summed E-state index contributed by atoms with van der Waals surface area (Å²) in [7, 11) is 0. The van der Waals surface area contributed by atoms with Crippen molar-refractivity contribution in [2.75, 3.05) is 6.61 Å². The number of rotatable bonds is 7. The number of nitrogens with two attached hydrogens (primary N) is 1. The molecule has 1 aromatic carbocycles. The third-order valence-electron chi connectivity index (χ3n) is 3.30. The van der Waals surface area contributed by atoms with Gasteiger partial charge in [0.05, 0.1) is 0 Å². The van der Waals surface area contributed by atoms with E-state index in [0.717, 1.165) is 0 Å². The Kier molecular flexibility index (Phi) is 5.83. The monoisotopic (exact) mass is 279 g/mol. The summed E-state index contributed by atoms with van der Waals surface area (Å²) in [6.45, 7) is 3.60. The van der Waals surface area contributed by atoms with E-state index in [1.165, 1.54) is 0 Å². The zero-order chi connectivity index (χ0) is 15.0. The summed E-state index contributed by atoms with van der Waals surface area (Å²) in [5.74, 6) is 0.296. The van der Waals surface area contributed by atoms with Gasteiger partial charge in [-0.2, -0.15) is 0 Å². The molecule has 0 fully saturated rings. The quantitative estimate of drug-likeness (QED) is 0.305. The summed E-state index contributed by atoms with van der Waals surface area (Å²) in [6, 6.07) is 9.05. The van der Waals surface area contributed by atoms with Gasteiger partial charge in [-0.15, -0.1) is 0 Å². The Labute approximate surface area is 118 Å². The summed E-state index contributed by atoms with van der Waals surface area (Å²) < 4.78 is 5.36. The van der Waals surface area contributed by atoms with Gasteiger partial charge in [-0.1, -0.05) is 37.2 Å². The molecule has 0 aromatic heterocycles. The van der Waals surface area contributed by atoms with Gasteiger partial charge in [0.2, 0.25) is 0 Å². The molecule has 20 heavy (non-hydrogen) atoms. The molecular weight excluding hydrogens is 258 g/mol. The normalized spacial score (nSPS) is 12.0. The SMILES string of the molecule is CCC(CC)(NC(=O)COc1ccccc1)C(N)=NO. The molecule has 0 aliphatic carbocycles. The number of benzene rings is 1.